The summed E-state index contributed by atoms with van der Waals surface area (Å²) in [4.78, 5) is 2.22. The van der Waals surface area contributed by atoms with Crippen molar-refractivity contribution in [1.29, 1.82) is 0 Å². The highest BCUT2D eigenvalue weighted by molar-refractivity contribution is 5.85. The van der Waals surface area contributed by atoms with Gasteiger partial charge in [0.1, 0.15) is 17.7 Å². The number of nitrogens with zero attached hydrogens (tertiary/aromatic N) is 1. The zero-order valence-corrected chi connectivity index (χ0v) is 18.1. The van der Waals surface area contributed by atoms with E-state index in [0.29, 0.717) is 31.1 Å². The lowest BCUT2D eigenvalue weighted by Gasteiger charge is -2.65. The van der Waals surface area contributed by atoms with Gasteiger partial charge in [0, 0.05) is 30.7 Å². The topological polar surface area (TPSA) is 65.0 Å². The minimum Gasteiger partial charge on any atom is -0.504 e. The summed E-state index contributed by atoms with van der Waals surface area (Å²) >= 11 is 0. The number of rotatable bonds is 3. The van der Waals surface area contributed by atoms with Crippen LogP contribution in [0.5, 0.6) is 11.5 Å². The number of benzene rings is 1. The Morgan fingerprint density at radius 3 is 2.72 bits per heavy atom. The van der Waals surface area contributed by atoms with Crippen LogP contribution in [-0.4, -0.2) is 65.2 Å². The van der Waals surface area contributed by atoms with E-state index >= 15 is 4.39 Å². The SMILES string of the molecule is CN[C@@H]1CC[C@@]2(O)[C@H]3Cc4ccc(O)c5c4[C@@]2([C@H](F)CN3CC2CC2)[C@H]1O5.Cl.Cl. The van der Waals surface area contributed by atoms with E-state index in [-0.39, 0.29) is 42.6 Å². The average molecular weight is 447 g/mol. The molecule has 1 aromatic rings. The van der Waals surface area contributed by atoms with E-state index in [0.717, 1.165) is 24.1 Å². The Labute approximate surface area is 182 Å². The fraction of sp³-hybridized carbons (Fsp3) is 0.714. The molecule has 2 aliphatic heterocycles. The number of phenolic OH excluding ortho intramolecular Hbond substituents is 1. The highest BCUT2D eigenvalue weighted by atomic mass is 35.5. The quantitative estimate of drug-likeness (QED) is 0.664. The van der Waals surface area contributed by atoms with E-state index < -0.39 is 23.3 Å². The number of piperidine rings is 1. The molecule has 6 rings (SSSR count). The van der Waals surface area contributed by atoms with Gasteiger partial charge in [0.2, 0.25) is 0 Å². The van der Waals surface area contributed by atoms with Crippen molar-refractivity contribution in [2.75, 3.05) is 20.1 Å². The van der Waals surface area contributed by atoms with E-state index in [1.165, 1.54) is 12.8 Å². The summed E-state index contributed by atoms with van der Waals surface area (Å²) in [5, 5.41) is 25.9. The smallest absolute Gasteiger partial charge is 0.165 e. The summed E-state index contributed by atoms with van der Waals surface area (Å²) in [7, 11) is 1.87. The Morgan fingerprint density at radius 2 is 2.03 bits per heavy atom. The van der Waals surface area contributed by atoms with Gasteiger partial charge in [-0.3, -0.25) is 4.90 Å². The summed E-state index contributed by atoms with van der Waals surface area (Å²) in [6.07, 6.45) is 2.70. The van der Waals surface area contributed by atoms with Crippen LogP contribution in [-0.2, 0) is 11.8 Å². The molecule has 0 aromatic heterocycles. The Kier molecular flexibility index (Phi) is 5.07. The highest BCUT2D eigenvalue weighted by Crippen LogP contribution is 2.66. The number of hydrogen-bond donors (Lipinski definition) is 3. The van der Waals surface area contributed by atoms with Gasteiger partial charge in [-0.15, -0.1) is 24.8 Å². The lowest BCUT2D eigenvalue weighted by molar-refractivity contribution is -0.216. The number of likely N-dealkylation sites (tertiary alicyclic amines) is 1. The third kappa shape index (κ3) is 2.44. The van der Waals surface area contributed by atoms with Gasteiger partial charge >= 0.3 is 0 Å². The molecule has 3 aliphatic carbocycles. The molecule has 2 bridgehead atoms. The molecule has 3 N–H and O–H groups in total. The van der Waals surface area contributed by atoms with Crippen LogP contribution in [0.1, 0.15) is 36.8 Å². The monoisotopic (exact) mass is 446 g/mol. The van der Waals surface area contributed by atoms with Gasteiger partial charge in [-0.1, -0.05) is 6.07 Å². The van der Waals surface area contributed by atoms with E-state index in [2.05, 4.69) is 10.2 Å². The number of nitrogens with one attached hydrogen (secondary N) is 1. The molecule has 0 unspecified atom stereocenters. The first kappa shape index (κ1) is 21.4. The molecule has 0 amide bonds. The molecule has 1 aromatic carbocycles. The van der Waals surface area contributed by atoms with Crippen molar-refractivity contribution in [1.82, 2.24) is 10.2 Å². The van der Waals surface area contributed by atoms with E-state index in [9.17, 15) is 10.2 Å². The number of hydrogen-bond acceptors (Lipinski definition) is 5. The minimum atomic E-state index is -1.22. The second-order valence-electron chi connectivity index (χ2n) is 9.30. The Bertz CT molecular complexity index is 825. The summed E-state index contributed by atoms with van der Waals surface area (Å²) in [5.74, 6) is 1.10. The van der Waals surface area contributed by atoms with Crippen molar-refractivity contribution in [3.63, 3.8) is 0 Å². The van der Waals surface area contributed by atoms with Crippen molar-refractivity contribution in [2.24, 2.45) is 5.92 Å². The lowest BCUT2D eigenvalue weighted by atomic mass is 9.47. The normalized spacial score (nSPS) is 41.6. The van der Waals surface area contributed by atoms with Crippen LogP contribution in [0, 0.1) is 5.92 Å². The number of aliphatic hydroxyl groups is 1. The van der Waals surface area contributed by atoms with Crippen LogP contribution < -0.4 is 10.1 Å². The first-order valence-corrected chi connectivity index (χ1v) is 10.3. The molecule has 5 aliphatic rings. The summed E-state index contributed by atoms with van der Waals surface area (Å²) < 4.78 is 22.4. The maximum atomic E-state index is 16.2. The van der Waals surface area contributed by atoms with Gasteiger partial charge in [-0.05, 0) is 56.7 Å². The molecule has 2 saturated carbocycles. The van der Waals surface area contributed by atoms with Crippen molar-refractivity contribution in [2.45, 2.75) is 67.5 Å². The second-order valence-corrected chi connectivity index (χ2v) is 9.30. The number of alkyl halides is 1. The number of aromatic hydroxyl groups is 1. The fourth-order valence-electron chi connectivity index (χ4n) is 6.78. The zero-order valence-electron chi connectivity index (χ0n) is 16.4. The molecule has 3 fully saturated rings. The van der Waals surface area contributed by atoms with Crippen molar-refractivity contribution >= 4 is 24.8 Å². The lowest BCUT2D eigenvalue weighted by Crippen LogP contribution is -2.81. The highest BCUT2D eigenvalue weighted by Gasteiger charge is 2.76. The molecule has 1 spiro atoms. The zero-order chi connectivity index (χ0) is 18.6. The van der Waals surface area contributed by atoms with Crippen LogP contribution >= 0.6 is 24.8 Å². The summed E-state index contributed by atoms with van der Waals surface area (Å²) in [6.45, 7) is 1.22. The van der Waals surface area contributed by atoms with Crippen molar-refractivity contribution in [3.8, 4) is 11.5 Å². The van der Waals surface area contributed by atoms with Crippen LogP contribution in [0.3, 0.4) is 0 Å². The van der Waals surface area contributed by atoms with Gasteiger partial charge in [0.15, 0.2) is 11.5 Å². The molecule has 8 heteroatoms. The first-order chi connectivity index (χ1) is 13.0. The molecule has 6 atom stereocenters. The third-order valence-corrected chi connectivity index (χ3v) is 8.10. The van der Waals surface area contributed by atoms with Crippen LogP contribution in [0.2, 0.25) is 0 Å². The van der Waals surface area contributed by atoms with Crippen LogP contribution in [0.25, 0.3) is 0 Å². The molecule has 1 saturated heterocycles. The van der Waals surface area contributed by atoms with Crippen LogP contribution in [0.15, 0.2) is 12.1 Å². The maximum Gasteiger partial charge on any atom is 0.165 e. The van der Waals surface area contributed by atoms with E-state index in [4.69, 9.17) is 4.74 Å². The van der Waals surface area contributed by atoms with Crippen molar-refractivity contribution in [3.05, 3.63) is 23.3 Å². The number of likely N-dealkylation sites (N-methyl/N-ethyl adjacent to an activating group) is 1. The Morgan fingerprint density at radius 1 is 1.28 bits per heavy atom. The van der Waals surface area contributed by atoms with Crippen molar-refractivity contribution < 1.29 is 19.3 Å². The molecular formula is C21H29Cl2FN2O3. The molecular weight excluding hydrogens is 418 g/mol. The average Bonchev–Trinajstić information content (AvgIpc) is 3.37. The maximum absolute atomic E-state index is 16.2. The molecule has 0 radical (unpaired) electrons. The largest absolute Gasteiger partial charge is 0.504 e. The number of halogens is 3. The molecule has 2 heterocycles. The standard InChI is InChI=1S/C21H27FN2O3.2ClH/c1-23-13-6-7-20(26)16-8-12-4-5-14(25)18-17(12)21(20,19(13)27-18)15(22)10-24(16)9-11-2-3-11;;/h4-5,11,13,15-16,19,23,25-26H,2-3,6-10H2,1H3;2*1H/t13-,15-,16-,19+,20-,21+;;/m1../s1. The van der Waals surface area contributed by atoms with Gasteiger partial charge < -0.3 is 20.3 Å². The molecule has 162 valence electrons. The third-order valence-electron chi connectivity index (χ3n) is 8.10. The predicted molar refractivity (Wildman–Crippen MR) is 112 cm³/mol. The van der Waals surface area contributed by atoms with Gasteiger partial charge in [-0.2, -0.15) is 0 Å². The van der Waals surface area contributed by atoms with Gasteiger partial charge in [0.05, 0.1) is 5.60 Å². The Balaban J connectivity index is 0.00000102. The number of ether oxygens (including phenoxy) is 1. The predicted octanol–water partition coefficient (Wildman–Crippen LogP) is 2.34. The second kappa shape index (κ2) is 6.86. The summed E-state index contributed by atoms with van der Waals surface area (Å²) in [5.41, 5.74) is -0.487. The Hall–Kier alpha value is -0.790. The molecule has 29 heavy (non-hydrogen) atoms. The molecule has 5 nitrogen and oxygen atoms in total. The number of phenols is 1. The summed E-state index contributed by atoms with van der Waals surface area (Å²) in [6, 6.07) is 3.44. The fourth-order valence-corrected chi connectivity index (χ4v) is 6.78. The van der Waals surface area contributed by atoms with Gasteiger partial charge in [-0.25, -0.2) is 4.39 Å². The van der Waals surface area contributed by atoms with E-state index in [1.54, 1.807) is 6.07 Å². The van der Waals surface area contributed by atoms with Gasteiger partial charge in [0.25, 0.3) is 0 Å². The van der Waals surface area contributed by atoms with E-state index in [1.807, 2.05) is 13.1 Å². The first-order valence-electron chi connectivity index (χ1n) is 10.3. The van der Waals surface area contributed by atoms with Crippen LogP contribution in [0.4, 0.5) is 4.39 Å². The minimum absolute atomic E-state index is 0.